The molecular formula is C13H16Cl2N4S. The van der Waals surface area contributed by atoms with E-state index in [1.807, 2.05) is 6.07 Å². The lowest BCUT2D eigenvalue weighted by Crippen LogP contribution is -2.16. The average Bonchev–Trinajstić information content (AvgIpc) is 2.86. The highest BCUT2D eigenvalue weighted by Crippen LogP contribution is 2.28. The summed E-state index contributed by atoms with van der Waals surface area (Å²) in [5.41, 5.74) is 0.872. The second-order valence-corrected chi connectivity index (χ2v) is 6.20. The van der Waals surface area contributed by atoms with Crippen molar-refractivity contribution in [1.82, 2.24) is 14.3 Å². The Morgan fingerprint density at radius 1 is 1.25 bits per heavy atom. The topological polar surface area (TPSA) is 41.0 Å². The highest BCUT2D eigenvalue weighted by atomic mass is 35.5. The van der Waals surface area contributed by atoms with E-state index >= 15 is 0 Å². The molecule has 0 fully saturated rings. The van der Waals surface area contributed by atoms with Gasteiger partial charge in [0.25, 0.3) is 0 Å². The van der Waals surface area contributed by atoms with E-state index in [-0.39, 0.29) is 0 Å². The maximum atomic E-state index is 6.00. The largest absolute Gasteiger partial charge is 0.360 e. The number of rotatable bonds is 6. The molecule has 0 amide bonds. The number of halogens is 2. The fourth-order valence-electron chi connectivity index (χ4n) is 1.64. The van der Waals surface area contributed by atoms with Gasteiger partial charge in [0, 0.05) is 23.6 Å². The summed E-state index contributed by atoms with van der Waals surface area (Å²) in [6.45, 7) is 1.93. The van der Waals surface area contributed by atoms with Crippen LogP contribution < -0.4 is 5.32 Å². The van der Waals surface area contributed by atoms with Gasteiger partial charge in [0.2, 0.25) is 5.13 Å². The summed E-state index contributed by atoms with van der Waals surface area (Å²) in [7, 11) is 4.13. The van der Waals surface area contributed by atoms with Crippen LogP contribution in [0.5, 0.6) is 0 Å². The van der Waals surface area contributed by atoms with Crippen LogP contribution in [-0.4, -0.2) is 41.4 Å². The summed E-state index contributed by atoms with van der Waals surface area (Å²) in [6, 6.07) is 5.40. The predicted octanol–water partition coefficient (Wildman–Crippen LogP) is 3.88. The van der Waals surface area contributed by atoms with Gasteiger partial charge < -0.3 is 10.2 Å². The fraction of sp³-hybridized carbons (Fsp3) is 0.385. The van der Waals surface area contributed by atoms with Crippen molar-refractivity contribution >= 4 is 39.9 Å². The number of aromatic nitrogens is 2. The molecule has 1 heterocycles. The fourth-order valence-corrected chi connectivity index (χ4v) is 2.55. The maximum absolute atomic E-state index is 6.00. The van der Waals surface area contributed by atoms with Crippen molar-refractivity contribution in [2.45, 2.75) is 6.42 Å². The summed E-state index contributed by atoms with van der Waals surface area (Å²) >= 11 is 13.2. The number of anilines is 1. The first-order chi connectivity index (χ1) is 9.56. The van der Waals surface area contributed by atoms with Crippen molar-refractivity contribution in [3.8, 4) is 11.4 Å². The second-order valence-electron chi connectivity index (χ2n) is 4.64. The molecule has 0 aliphatic rings. The van der Waals surface area contributed by atoms with Crippen LogP contribution in [0.3, 0.4) is 0 Å². The minimum Gasteiger partial charge on any atom is -0.360 e. The quantitative estimate of drug-likeness (QED) is 0.816. The summed E-state index contributed by atoms with van der Waals surface area (Å²) in [4.78, 5) is 6.60. The van der Waals surface area contributed by atoms with E-state index < -0.39 is 0 Å². The Morgan fingerprint density at radius 2 is 2.05 bits per heavy atom. The van der Waals surface area contributed by atoms with Crippen LogP contribution in [0, 0.1) is 0 Å². The molecular weight excluding hydrogens is 315 g/mol. The Morgan fingerprint density at radius 3 is 2.75 bits per heavy atom. The van der Waals surface area contributed by atoms with E-state index in [1.54, 1.807) is 12.1 Å². The van der Waals surface area contributed by atoms with Gasteiger partial charge >= 0.3 is 0 Å². The molecule has 108 valence electrons. The second kappa shape index (κ2) is 7.22. The number of benzene rings is 1. The molecule has 0 atom stereocenters. The molecule has 0 saturated heterocycles. The zero-order chi connectivity index (χ0) is 14.5. The Kier molecular flexibility index (Phi) is 5.60. The third kappa shape index (κ3) is 4.31. The van der Waals surface area contributed by atoms with Crippen molar-refractivity contribution < 1.29 is 0 Å². The van der Waals surface area contributed by atoms with Crippen molar-refractivity contribution in [3.05, 3.63) is 28.2 Å². The normalized spacial score (nSPS) is 11.1. The highest BCUT2D eigenvalue weighted by molar-refractivity contribution is 7.09. The lowest BCUT2D eigenvalue weighted by atomic mass is 10.2. The first-order valence-corrected chi connectivity index (χ1v) is 7.77. The van der Waals surface area contributed by atoms with Gasteiger partial charge in [-0.3, -0.25) is 0 Å². The van der Waals surface area contributed by atoms with Crippen LogP contribution in [0.1, 0.15) is 6.42 Å². The van der Waals surface area contributed by atoms with Gasteiger partial charge in [-0.25, -0.2) is 0 Å². The zero-order valence-corrected chi connectivity index (χ0v) is 13.7. The minimum atomic E-state index is 0.513. The minimum absolute atomic E-state index is 0.513. The smallest absolute Gasteiger partial charge is 0.202 e. The van der Waals surface area contributed by atoms with Crippen LogP contribution in [-0.2, 0) is 0 Å². The van der Waals surface area contributed by atoms with Crippen molar-refractivity contribution in [1.29, 1.82) is 0 Å². The number of hydrogen-bond donors (Lipinski definition) is 1. The van der Waals surface area contributed by atoms with Gasteiger partial charge in [0.1, 0.15) is 0 Å². The van der Waals surface area contributed by atoms with Gasteiger partial charge in [0.15, 0.2) is 5.82 Å². The van der Waals surface area contributed by atoms with E-state index in [2.05, 4.69) is 33.7 Å². The summed E-state index contributed by atoms with van der Waals surface area (Å²) in [5, 5.41) is 5.15. The molecule has 0 saturated carbocycles. The Labute approximate surface area is 132 Å². The lowest BCUT2D eigenvalue weighted by molar-refractivity contribution is 0.405. The van der Waals surface area contributed by atoms with Crippen LogP contribution in [0.15, 0.2) is 18.2 Å². The van der Waals surface area contributed by atoms with Crippen LogP contribution in [0.25, 0.3) is 11.4 Å². The van der Waals surface area contributed by atoms with Crippen molar-refractivity contribution in [2.75, 3.05) is 32.5 Å². The predicted molar refractivity (Wildman–Crippen MR) is 87.0 cm³/mol. The molecule has 4 nitrogen and oxygen atoms in total. The Hall–Kier alpha value is -0.880. The number of nitrogens with zero attached hydrogens (tertiary/aromatic N) is 3. The molecule has 0 spiro atoms. The Balaban J connectivity index is 1.96. The molecule has 2 aromatic rings. The Bertz CT molecular complexity index is 571. The van der Waals surface area contributed by atoms with E-state index in [4.69, 9.17) is 23.2 Å². The van der Waals surface area contributed by atoms with E-state index in [9.17, 15) is 0 Å². The molecule has 0 radical (unpaired) electrons. The first kappa shape index (κ1) is 15.5. The highest BCUT2D eigenvalue weighted by Gasteiger charge is 2.08. The van der Waals surface area contributed by atoms with Crippen molar-refractivity contribution in [3.63, 3.8) is 0 Å². The summed E-state index contributed by atoms with van der Waals surface area (Å²) in [6.07, 6.45) is 1.06. The molecule has 20 heavy (non-hydrogen) atoms. The van der Waals surface area contributed by atoms with Crippen molar-refractivity contribution in [2.24, 2.45) is 0 Å². The monoisotopic (exact) mass is 330 g/mol. The van der Waals surface area contributed by atoms with E-state index in [0.29, 0.717) is 15.9 Å². The van der Waals surface area contributed by atoms with Gasteiger partial charge in [-0.15, -0.1) is 0 Å². The number of hydrogen-bond acceptors (Lipinski definition) is 5. The van der Waals surface area contributed by atoms with Gasteiger partial charge in [-0.05, 0) is 45.3 Å². The SMILES string of the molecule is CN(C)CCCNc1nc(-c2ccc(Cl)c(Cl)c2)ns1. The maximum Gasteiger partial charge on any atom is 0.202 e. The van der Waals surface area contributed by atoms with Gasteiger partial charge in [-0.2, -0.15) is 9.36 Å². The summed E-state index contributed by atoms with van der Waals surface area (Å²) in [5.74, 6) is 0.670. The average molecular weight is 331 g/mol. The molecule has 0 unspecified atom stereocenters. The number of nitrogens with one attached hydrogen (secondary N) is 1. The molecule has 1 aromatic heterocycles. The molecule has 2 rings (SSSR count). The standard InChI is InChI=1S/C13H16Cl2N4S/c1-19(2)7-3-6-16-13-17-12(18-20-13)9-4-5-10(14)11(15)8-9/h4-5,8H,3,6-7H2,1-2H3,(H,16,17,18). The zero-order valence-electron chi connectivity index (χ0n) is 11.4. The molecule has 0 aliphatic carbocycles. The van der Waals surface area contributed by atoms with Gasteiger partial charge in [-0.1, -0.05) is 23.2 Å². The third-order valence-corrected chi connectivity index (χ3v) is 4.07. The van der Waals surface area contributed by atoms with Crippen LogP contribution in [0.2, 0.25) is 10.0 Å². The molecule has 0 aliphatic heterocycles. The summed E-state index contributed by atoms with van der Waals surface area (Å²) < 4.78 is 4.33. The molecule has 0 bridgehead atoms. The van der Waals surface area contributed by atoms with Gasteiger partial charge in [0.05, 0.1) is 10.0 Å². The first-order valence-electron chi connectivity index (χ1n) is 6.24. The lowest BCUT2D eigenvalue weighted by Gasteiger charge is -2.08. The molecule has 1 aromatic carbocycles. The van der Waals surface area contributed by atoms with E-state index in [1.165, 1.54) is 11.5 Å². The van der Waals surface area contributed by atoms with Crippen LogP contribution in [0.4, 0.5) is 5.13 Å². The van der Waals surface area contributed by atoms with Crippen LogP contribution >= 0.6 is 34.7 Å². The van der Waals surface area contributed by atoms with E-state index in [0.717, 1.165) is 30.2 Å². The third-order valence-electron chi connectivity index (χ3n) is 2.66. The molecule has 1 N–H and O–H groups in total. The molecule has 7 heteroatoms.